The van der Waals surface area contributed by atoms with Crippen LogP contribution in [-0.2, 0) is 4.79 Å². The summed E-state index contributed by atoms with van der Waals surface area (Å²) in [5.74, 6) is 0.132. The van der Waals surface area contributed by atoms with Crippen LogP contribution < -0.4 is 10.6 Å². The Labute approximate surface area is 111 Å². The third-order valence-electron chi connectivity index (χ3n) is 3.44. The molecule has 1 atom stereocenters. The average Bonchev–Trinajstić information content (AvgIpc) is 2.37. The molecule has 1 aliphatic heterocycles. The van der Waals surface area contributed by atoms with E-state index >= 15 is 0 Å². The summed E-state index contributed by atoms with van der Waals surface area (Å²) in [4.78, 5) is 16.2. The highest BCUT2D eigenvalue weighted by molar-refractivity contribution is 5.78. The standard InChI is InChI=1S/C13H28N4O/c1-4-12(2)15-13(18)11-16(3)9-10-17-7-5-14-6-8-17/h12,14H,4-11H2,1-3H3,(H,15,18). The van der Waals surface area contributed by atoms with E-state index in [9.17, 15) is 4.79 Å². The Morgan fingerprint density at radius 1 is 1.44 bits per heavy atom. The Bertz CT molecular complexity index is 241. The smallest absolute Gasteiger partial charge is 0.234 e. The molecule has 2 N–H and O–H groups in total. The lowest BCUT2D eigenvalue weighted by Crippen LogP contribution is -2.47. The Hall–Kier alpha value is -0.650. The van der Waals surface area contributed by atoms with Crippen molar-refractivity contribution in [3.05, 3.63) is 0 Å². The number of hydrogen-bond donors (Lipinski definition) is 2. The zero-order valence-corrected chi connectivity index (χ0v) is 12.0. The largest absolute Gasteiger partial charge is 0.353 e. The van der Waals surface area contributed by atoms with E-state index in [2.05, 4.69) is 27.4 Å². The van der Waals surface area contributed by atoms with Crippen LogP contribution in [0.25, 0.3) is 0 Å². The summed E-state index contributed by atoms with van der Waals surface area (Å²) in [7, 11) is 2.01. The third-order valence-corrected chi connectivity index (χ3v) is 3.44. The van der Waals surface area contributed by atoms with Crippen molar-refractivity contribution in [1.82, 2.24) is 20.4 Å². The summed E-state index contributed by atoms with van der Waals surface area (Å²) in [6.07, 6.45) is 0.982. The van der Waals surface area contributed by atoms with Gasteiger partial charge < -0.3 is 10.6 Å². The van der Waals surface area contributed by atoms with Crippen LogP contribution in [0, 0.1) is 0 Å². The maximum Gasteiger partial charge on any atom is 0.234 e. The van der Waals surface area contributed by atoms with Gasteiger partial charge in [0.25, 0.3) is 0 Å². The summed E-state index contributed by atoms with van der Waals surface area (Å²) in [6.45, 7) is 11.0. The monoisotopic (exact) mass is 256 g/mol. The summed E-state index contributed by atoms with van der Waals surface area (Å²) < 4.78 is 0. The Balaban J connectivity index is 2.12. The first-order chi connectivity index (χ1) is 8.61. The molecule has 0 aromatic carbocycles. The molecule has 1 amide bonds. The molecule has 5 heteroatoms. The van der Waals surface area contributed by atoms with Gasteiger partial charge in [0, 0.05) is 45.3 Å². The molecule has 1 fully saturated rings. The van der Waals surface area contributed by atoms with Gasteiger partial charge in [-0.25, -0.2) is 0 Å². The molecule has 5 nitrogen and oxygen atoms in total. The number of likely N-dealkylation sites (N-methyl/N-ethyl adjacent to an activating group) is 1. The number of carbonyl (C=O) groups excluding carboxylic acids is 1. The second-order valence-corrected chi connectivity index (χ2v) is 5.21. The number of rotatable bonds is 7. The maximum atomic E-state index is 11.7. The molecule has 1 unspecified atom stereocenters. The maximum absolute atomic E-state index is 11.7. The van der Waals surface area contributed by atoms with Crippen molar-refractivity contribution in [3.8, 4) is 0 Å². The minimum Gasteiger partial charge on any atom is -0.353 e. The number of amides is 1. The first-order valence-corrected chi connectivity index (χ1v) is 7.02. The van der Waals surface area contributed by atoms with Gasteiger partial charge in [-0.2, -0.15) is 0 Å². The molecule has 0 saturated carbocycles. The number of nitrogens with zero attached hydrogens (tertiary/aromatic N) is 2. The van der Waals surface area contributed by atoms with E-state index in [4.69, 9.17) is 0 Å². The lowest BCUT2D eigenvalue weighted by Gasteiger charge is -2.29. The van der Waals surface area contributed by atoms with Crippen molar-refractivity contribution in [2.45, 2.75) is 26.3 Å². The normalized spacial score (nSPS) is 18.9. The third kappa shape index (κ3) is 6.33. The van der Waals surface area contributed by atoms with Crippen molar-refractivity contribution >= 4 is 5.91 Å². The molecule has 0 aliphatic carbocycles. The lowest BCUT2D eigenvalue weighted by molar-refractivity contribution is -0.122. The summed E-state index contributed by atoms with van der Waals surface area (Å²) in [5.41, 5.74) is 0. The fraction of sp³-hybridized carbons (Fsp3) is 0.923. The molecule has 18 heavy (non-hydrogen) atoms. The van der Waals surface area contributed by atoms with E-state index in [-0.39, 0.29) is 11.9 Å². The summed E-state index contributed by atoms with van der Waals surface area (Å²) in [6, 6.07) is 0.277. The van der Waals surface area contributed by atoms with Crippen LogP contribution in [0.2, 0.25) is 0 Å². The Morgan fingerprint density at radius 3 is 2.72 bits per heavy atom. The van der Waals surface area contributed by atoms with Crippen molar-refractivity contribution in [2.24, 2.45) is 0 Å². The van der Waals surface area contributed by atoms with E-state index in [1.54, 1.807) is 0 Å². The molecule has 106 valence electrons. The number of piperazine rings is 1. The van der Waals surface area contributed by atoms with Gasteiger partial charge in [0.2, 0.25) is 5.91 Å². The van der Waals surface area contributed by atoms with Crippen molar-refractivity contribution in [2.75, 3.05) is 52.9 Å². The molecular formula is C13H28N4O. The fourth-order valence-electron chi connectivity index (χ4n) is 1.99. The summed E-state index contributed by atoms with van der Waals surface area (Å²) in [5, 5.41) is 6.34. The first-order valence-electron chi connectivity index (χ1n) is 7.02. The molecule has 0 radical (unpaired) electrons. The SMILES string of the molecule is CCC(C)NC(=O)CN(C)CCN1CCNCC1. The molecule has 1 saturated heterocycles. The van der Waals surface area contributed by atoms with Gasteiger partial charge >= 0.3 is 0 Å². The van der Waals surface area contributed by atoms with Crippen LogP contribution in [0.5, 0.6) is 0 Å². The average molecular weight is 256 g/mol. The van der Waals surface area contributed by atoms with Crippen molar-refractivity contribution in [3.63, 3.8) is 0 Å². The van der Waals surface area contributed by atoms with Gasteiger partial charge in [-0.3, -0.25) is 14.6 Å². The van der Waals surface area contributed by atoms with E-state index in [1.165, 1.54) is 0 Å². The van der Waals surface area contributed by atoms with Crippen LogP contribution in [0.1, 0.15) is 20.3 Å². The highest BCUT2D eigenvalue weighted by atomic mass is 16.2. The van der Waals surface area contributed by atoms with E-state index < -0.39 is 0 Å². The van der Waals surface area contributed by atoms with Crippen LogP contribution in [0.15, 0.2) is 0 Å². The van der Waals surface area contributed by atoms with Gasteiger partial charge in [-0.05, 0) is 20.4 Å². The predicted molar refractivity (Wildman–Crippen MR) is 74.7 cm³/mol. The first kappa shape index (κ1) is 15.4. The molecule has 1 aliphatic rings. The zero-order valence-electron chi connectivity index (χ0n) is 12.0. The number of nitrogens with one attached hydrogen (secondary N) is 2. The van der Waals surface area contributed by atoms with E-state index in [0.717, 1.165) is 45.7 Å². The highest BCUT2D eigenvalue weighted by Crippen LogP contribution is 1.94. The summed E-state index contributed by atoms with van der Waals surface area (Å²) >= 11 is 0. The zero-order chi connectivity index (χ0) is 13.4. The van der Waals surface area contributed by atoms with Gasteiger partial charge in [-0.15, -0.1) is 0 Å². The second kappa shape index (κ2) is 8.45. The van der Waals surface area contributed by atoms with Crippen LogP contribution in [0.3, 0.4) is 0 Å². The molecule has 0 aromatic heterocycles. The van der Waals surface area contributed by atoms with Crippen LogP contribution in [0.4, 0.5) is 0 Å². The Morgan fingerprint density at radius 2 is 2.11 bits per heavy atom. The predicted octanol–water partition coefficient (Wildman–Crippen LogP) is -0.262. The quantitative estimate of drug-likeness (QED) is 0.659. The van der Waals surface area contributed by atoms with E-state index in [1.807, 2.05) is 14.0 Å². The second-order valence-electron chi connectivity index (χ2n) is 5.21. The van der Waals surface area contributed by atoms with Crippen molar-refractivity contribution < 1.29 is 4.79 Å². The molecule has 0 bridgehead atoms. The van der Waals surface area contributed by atoms with Gasteiger partial charge in [0.05, 0.1) is 6.54 Å². The topological polar surface area (TPSA) is 47.6 Å². The molecule has 1 heterocycles. The molecule has 0 spiro atoms. The van der Waals surface area contributed by atoms with Gasteiger partial charge in [0.15, 0.2) is 0 Å². The molecule has 0 aromatic rings. The minimum absolute atomic E-state index is 0.132. The molecule has 1 rings (SSSR count). The number of carbonyl (C=O) groups is 1. The Kier molecular flexibility index (Phi) is 7.23. The van der Waals surface area contributed by atoms with Crippen LogP contribution in [-0.4, -0.2) is 74.6 Å². The van der Waals surface area contributed by atoms with Crippen molar-refractivity contribution in [1.29, 1.82) is 0 Å². The number of hydrogen-bond acceptors (Lipinski definition) is 4. The lowest BCUT2D eigenvalue weighted by atomic mass is 10.2. The highest BCUT2D eigenvalue weighted by Gasteiger charge is 2.12. The van der Waals surface area contributed by atoms with Gasteiger partial charge in [0.1, 0.15) is 0 Å². The van der Waals surface area contributed by atoms with Crippen LogP contribution >= 0.6 is 0 Å². The van der Waals surface area contributed by atoms with E-state index in [0.29, 0.717) is 6.54 Å². The minimum atomic E-state index is 0.132. The fourth-order valence-corrected chi connectivity index (χ4v) is 1.99. The molecular weight excluding hydrogens is 228 g/mol. The van der Waals surface area contributed by atoms with Gasteiger partial charge in [-0.1, -0.05) is 6.92 Å².